The third-order valence-electron chi connectivity index (χ3n) is 2.99. The Labute approximate surface area is 136 Å². The maximum Gasteiger partial charge on any atom is 0.416 e. The number of benzene rings is 2. The van der Waals surface area contributed by atoms with E-state index in [1.807, 2.05) is 0 Å². The van der Waals surface area contributed by atoms with E-state index in [1.54, 1.807) is 18.2 Å². The van der Waals surface area contributed by atoms with E-state index in [0.717, 1.165) is 12.1 Å². The zero-order chi connectivity index (χ0) is 17.0. The Balaban J connectivity index is 2.21. The minimum absolute atomic E-state index is 0.123. The molecule has 0 unspecified atom stereocenters. The lowest BCUT2D eigenvalue weighted by Crippen LogP contribution is -2.13. The van der Waals surface area contributed by atoms with Crippen molar-refractivity contribution in [1.82, 2.24) is 0 Å². The molecule has 120 valence electrons. The largest absolute Gasteiger partial charge is 0.465 e. The van der Waals surface area contributed by atoms with E-state index in [1.165, 1.54) is 25.3 Å². The number of halogens is 3. The Morgan fingerprint density at radius 2 is 1.74 bits per heavy atom. The van der Waals surface area contributed by atoms with Crippen LogP contribution in [0.3, 0.4) is 0 Å². The monoisotopic (exact) mass is 339 g/mol. The van der Waals surface area contributed by atoms with Crippen molar-refractivity contribution in [2.75, 3.05) is 12.4 Å². The Hall–Kier alpha value is -2.41. The Bertz CT molecular complexity index is 744. The van der Waals surface area contributed by atoms with E-state index < -0.39 is 17.7 Å². The molecule has 2 rings (SSSR count). The number of rotatable bonds is 3. The molecule has 0 saturated carbocycles. The van der Waals surface area contributed by atoms with E-state index in [4.69, 9.17) is 12.2 Å². The van der Waals surface area contributed by atoms with Gasteiger partial charge >= 0.3 is 12.1 Å². The van der Waals surface area contributed by atoms with Crippen LogP contribution in [-0.2, 0) is 10.9 Å². The molecule has 0 amide bonds. The molecule has 0 aromatic heterocycles. The average molecular weight is 339 g/mol. The maximum absolute atomic E-state index is 12.7. The molecule has 0 spiro atoms. The van der Waals surface area contributed by atoms with Crippen molar-refractivity contribution >= 4 is 28.9 Å². The summed E-state index contributed by atoms with van der Waals surface area (Å²) in [4.78, 5) is 11.6. The van der Waals surface area contributed by atoms with Gasteiger partial charge in [0.05, 0.1) is 18.2 Å². The van der Waals surface area contributed by atoms with Crippen molar-refractivity contribution in [3.05, 3.63) is 65.2 Å². The summed E-state index contributed by atoms with van der Waals surface area (Å²) in [5, 5.41) is 2.81. The third-order valence-corrected chi connectivity index (χ3v) is 3.33. The van der Waals surface area contributed by atoms with Crippen LogP contribution in [0.2, 0.25) is 0 Å². The van der Waals surface area contributed by atoms with Gasteiger partial charge in [-0.25, -0.2) is 4.79 Å². The molecule has 0 radical (unpaired) electrons. The molecule has 0 heterocycles. The van der Waals surface area contributed by atoms with Gasteiger partial charge in [-0.1, -0.05) is 30.4 Å². The van der Waals surface area contributed by atoms with Crippen molar-refractivity contribution in [3.63, 3.8) is 0 Å². The predicted octanol–water partition coefficient (Wildman–Crippen LogP) is 4.28. The standard InChI is InChI=1S/C16H12F3NO2S/c1-22-15(21)11-5-3-7-13(9-11)20-14(23)10-4-2-6-12(8-10)16(17,18)19/h2-9H,1H3,(H,20,23). The van der Waals surface area contributed by atoms with E-state index in [0.29, 0.717) is 11.3 Å². The highest BCUT2D eigenvalue weighted by molar-refractivity contribution is 7.81. The zero-order valence-electron chi connectivity index (χ0n) is 12.0. The highest BCUT2D eigenvalue weighted by Gasteiger charge is 2.30. The number of carbonyl (C=O) groups is 1. The van der Waals surface area contributed by atoms with Crippen LogP contribution in [0.25, 0.3) is 0 Å². The molecular weight excluding hydrogens is 327 g/mol. The molecule has 0 bridgehead atoms. The van der Waals surface area contributed by atoms with Crippen LogP contribution in [0.1, 0.15) is 21.5 Å². The minimum atomic E-state index is -4.43. The fraction of sp³-hybridized carbons (Fsp3) is 0.125. The van der Waals surface area contributed by atoms with Gasteiger partial charge in [-0.2, -0.15) is 13.2 Å². The van der Waals surface area contributed by atoms with Gasteiger partial charge in [-0.15, -0.1) is 0 Å². The molecule has 2 aromatic rings. The molecule has 0 aliphatic carbocycles. The number of methoxy groups -OCH3 is 1. The SMILES string of the molecule is COC(=O)c1cccc(NC(=S)c2cccc(C(F)(F)F)c2)c1. The Morgan fingerprint density at radius 3 is 2.39 bits per heavy atom. The molecule has 0 atom stereocenters. The topological polar surface area (TPSA) is 38.3 Å². The van der Waals surface area contributed by atoms with Crippen LogP contribution in [0, 0.1) is 0 Å². The second-order valence-corrected chi connectivity index (χ2v) is 5.01. The van der Waals surface area contributed by atoms with Crippen molar-refractivity contribution in [1.29, 1.82) is 0 Å². The molecule has 2 aromatic carbocycles. The predicted molar refractivity (Wildman–Crippen MR) is 84.5 cm³/mol. The normalized spacial score (nSPS) is 11.0. The third kappa shape index (κ3) is 4.29. The number of hydrogen-bond acceptors (Lipinski definition) is 3. The zero-order valence-corrected chi connectivity index (χ0v) is 12.8. The molecule has 1 N–H and O–H groups in total. The summed E-state index contributed by atoms with van der Waals surface area (Å²) in [6.07, 6.45) is -4.43. The average Bonchev–Trinajstić information content (AvgIpc) is 2.53. The maximum atomic E-state index is 12.7. The number of hydrogen-bond donors (Lipinski definition) is 1. The summed E-state index contributed by atoms with van der Waals surface area (Å²) in [7, 11) is 1.26. The Kier molecular flexibility index (Phi) is 5.00. The van der Waals surface area contributed by atoms with Crippen LogP contribution >= 0.6 is 12.2 Å². The number of nitrogens with one attached hydrogen (secondary N) is 1. The fourth-order valence-corrected chi connectivity index (χ4v) is 2.13. The minimum Gasteiger partial charge on any atom is -0.465 e. The van der Waals surface area contributed by atoms with Crippen LogP contribution < -0.4 is 5.32 Å². The number of esters is 1. The number of thiocarbonyl (C=S) groups is 1. The summed E-state index contributed by atoms with van der Waals surface area (Å²) < 4.78 is 42.8. The van der Waals surface area contributed by atoms with Crippen molar-refractivity contribution in [3.8, 4) is 0 Å². The smallest absolute Gasteiger partial charge is 0.416 e. The van der Waals surface area contributed by atoms with Crippen molar-refractivity contribution in [2.24, 2.45) is 0 Å². The van der Waals surface area contributed by atoms with Crippen molar-refractivity contribution < 1.29 is 22.7 Å². The Morgan fingerprint density at radius 1 is 1.09 bits per heavy atom. The van der Waals surface area contributed by atoms with Gasteiger partial charge in [0.15, 0.2) is 0 Å². The summed E-state index contributed by atoms with van der Waals surface area (Å²) in [5.41, 5.74) is 0.250. The van der Waals surface area contributed by atoms with Gasteiger partial charge in [-0.3, -0.25) is 0 Å². The summed E-state index contributed by atoms with van der Waals surface area (Å²) >= 11 is 5.13. The summed E-state index contributed by atoms with van der Waals surface area (Å²) in [6.45, 7) is 0. The van der Waals surface area contributed by atoms with Crippen LogP contribution in [0.5, 0.6) is 0 Å². The van der Waals surface area contributed by atoms with Gasteiger partial charge in [0.25, 0.3) is 0 Å². The second kappa shape index (κ2) is 6.78. The fourth-order valence-electron chi connectivity index (χ4n) is 1.88. The lowest BCUT2D eigenvalue weighted by atomic mass is 10.1. The number of carbonyl (C=O) groups excluding carboxylic acids is 1. The van der Waals surface area contributed by atoms with Crippen LogP contribution in [-0.4, -0.2) is 18.1 Å². The quantitative estimate of drug-likeness (QED) is 0.669. The first-order chi connectivity index (χ1) is 10.8. The first-order valence-corrected chi connectivity index (χ1v) is 6.89. The van der Waals surface area contributed by atoms with Crippen molar-refractivity contribution in [2.45, 2.75) is 6.18 Å². The second-order valence-electron chi connectivity index (χ2n) is 4.61. The lowest BCUT2D eigenvalue weighted by molar-refractivity contribution is -0.137. The molecule has 7 heteroatoms. The molecule has 0 aliphatic rings. The summed E-state index contributed by atoms with van der Waals surface area (Å²) in [6, 6.07) is 11.0. The number of ether oxygens (including phenoxy) is 1. The first kappa shape index (κ1) is 17.0. The molecule has 23 heavy (non-hydrogen) atoms. The lowest BCUT2D eigenvalue weighted by Gasteiger charge is -2.12. The van der Waals surface area contributed by atoms with Crippen LogP contribution in [0.4, 0.5) is 18.9 Å². The van der Waals surface area contributed by atoms with E-state index in [9.17, 15) is 18.0 Å². The highest BCUT2D eigenvalue weighted by atomic mass is 32.1. The molecule has 0 fully saturated rings. The molecule has 3 nitrogen and oxygen atoms in total. The van der Waals surface area contributed by atoms with Gasteiger partial charge in [0.1, 0.15) is 4.99 Å². The summed E-state index contributed by atoms with van der Waals surface area (Å²) in [5.74, 6) is -0.515. The molecule has 0 saturated heterocycles. The van der Waals surface area contributed by atoms with E-state index in [-0.39, 0.29) is 10.6 Å². The van der Waals surface area contributed by atoms with Gasteiger partial charge in [0, 0.05) is 11.3 Å². The van der Waals surface area contributed by atoms with Gasteiger partial charge in [-0.05, 0) is 30.3 Å². The van der Waals surface area contributed by atoms with Crippen LogP contribution in [0.15, 0.2) is 48.5 Å². The molecular formula is C16H12F3NO2S. The van der Waals surface area contributed by atoms with Gasteiger partial charge in [0.2, 0.25) is 0 Å². The molecule has 0 aliphatic heterocycles. The van der Waals surface area contributed by atoms with E-state index in [2.05, 4.69) is 10.1 Å². The highest BCUT2D eigenvalue weighted by Crippen LogP contribution is 2.29. The first-order valence-electron chi connectivity index (χ1n) is 6.48. The number of anilines is 1. The van der Waals surface area contributed by atoms with E-state index >= 15 is 0 Å². The van der Waals surface area contributed by atoms with Gasteiger partial charge < -0.3 is 10.1 Å². The number of alkyl halides is 3.